The van der Waals surface area contributed by atoms with Crippen LogP contribution in [0.15, 0.2) is 46.9 Å². The number of benzene rings is 2. The van der Waals surface area contributed by atoms with Gasteiger partial charge in [0.25, 0.3) is 0 Å². The number of halogens is 1. The van der Waals surface area contributed by atoms with E-state index in [-0.39, 0.29) is 11.7 Å². The molecule has 102 valence electrons. The van der Waals surface area contributed by atoms with Crippen LogP contribution in [0, 0.1) is 0 Å². The Morgan fingerprint density at radius 2 is 2.05 bits per heavy atom. The summed E-state index contributed by atoms with van der Waals surface area (Å²) in [4.78, 5) is 11.9. The lowest BCUT2D eigenvalue weighted by molar-refractivity contribution is 0.101. The number of ether oxygens (including phenoxy) is 1. The van der Waals surface area contributed by atoms with Crippen molar-refractivity contribution in [2.24, 2.45) is 0 Å². The smallest absolute Gasteiger partial charge is 0.160 e. The third kappa shape index (κ3) is 2.50. The maximum absolute atomic E-state index is 11.9. The first kappa shape index (κ1) is 13.4. The second-order valence-electron chi connectivity index (χ2n) is 5.12. The van der Waals surface area contributed by atoms with E-state index in [9.17, 15) is 4.79 Å². The zero-order valence-electron chi connectivity index (χ0n) is 11.2. The summed E-state index contributed by atoms with van der Waals surface area (Å²) in [5.41, 5.74) is 3.10. The van der Waals surface area contributed by atoms with Crippen LogP contribution >= 0.6 is 15.9 Å². The summed E-state index contributed by atoms with van der Waals surface area (Å²) >= 11 is 3.44. The highest BCUT2D eigenvalue weighted by atomic mass is 79.9. The van der Waals surface area contributed by atoms with Gasteiger partial charge in [-0.25, -0.2) is 0 Å². The molecule has 2 nitrogen and oxygen atoms in total. The van der Waals surface area contributed by atoms with E-state index in [1.807, 2.05) is 30.3 Å². The van der Waals surface area contributed by atoms with E-state index in [4.69, 9.17) is 4.74 Å². The molecule has 0 saturated carbocycles. The van der Waals surface area contributed by atoms with Crippen LogP contribution in [-0.4, -0.2) is 12.4 Å². The van der Waals surface area contributed by atoms with E-state index in [0.717, 1.165) is 27.8 Å². The van der Waals surface area contributed by atoms with E-state index in [1.54, 1.807) is 6.92 Å². The van der Waals surface area contributed by atoms with Crippen molar-refractivity contribution in [3.63, 3.8) is 0 Å². The third-order valence-corrected chi connectivity index (χ3v) is 4.12. The molecule has 0 N–H and O–H groups in total. The fraction of sp³-hybridized carbons (Fsp3) is 0.235. The molecule has 1 atom stereocenters. The zero-order chi connectivity index (χ0) is 14.1. The van der Waals surface area contributed by atoms with E-state index in [2.05, 4.69) is 28.1 Å². The molecular formula is C17H15BrO2. The van der Waals surface area contributed by atoms with Gasteiger partial charge >= 0.3 is 0 Å². The highest BCUT2D eigenvalue weighted by Crippen LogP contribution is 2.40. The number of ketones is 1. The molecule has 0 amide bonds. The normalized spacial score (nSPS) is 16.6. The lowest BCUT2D eigenvalue weighted by Gasteiger charge is -2.12. The zero-order valence-corrected chi connectivity index (χ0v) is 12.8. The van der Waals surface area contributed by atoms with Gasteiger partial charge in [0.05, 0.1) is 6.61 Å². The molecule has 1 heterocycles. The largest absolute Gasteiger partial charge is 0.493 e. The van der Waals surface area contributed by atoms with Crippen LogP contribution in [0.5, 0.6) is 5.75 Å². The molecule has 0 saturated heterocycles. The molecule has 2 aromatic carbocycles. The predicted molar refractivity (Wildman–Crippen MR) is 82.5 cm³/mol. The summed E-state index contributed by atoms with van der Waals surface area (Å²) in [7, 11) is 0. The van der Waals surface area contributed by atoms with Crippen molar-refractivity contribution >= 4 is 21.7 Å². The number of hydrogen-bond acceptors (Lipinski definition) is 2. The van der Waals surface area contributed by atoms with Crippen LogP contribution in [0.3, 0.4) is 0 Å². The summed E-state index contributed by atoms with van der Waals surface area (Å²) < 4.78 is 6.66. The first-order chi connectivity index (χ1) is 9.65. The molecule has 1 aliphatic heterocycles. The summed E-state index contributed by atoms with van der Waals surface area (Å²) in [5, 5.41) is 0. The van der Waals surface area contributed by atoms with Crippen LogP contribution < -0.4 is 4.74 Å². The Balaban J connectivity index is 1.99. The second kappa shape index (κ2) is 5.41. The maximum Gasteiger partial charge on any atom is 0.160 e. The first-order valence-corrected chi connectivity index (χ1v) is 7.45. The molecule has 0 spiro atoms. The molecule has 0 aromatic heterocycles. The number of rotatable bonds is 3. The van der Waals surface area contributed by atoms with Gasteiger partial charge in [-0.3, -0.25) is 4.79 Å². The number of hydrogen-bond donors (Lipinski definition) is 0. The minimum Gasteiger partial charge on any atom is -0.493 e. The van der Waals surface area contributed by atoms with Crippen LogP contribution in [0.1, 0.15) is 34.3 Å². The average molecular weight is 331 g/mol. The van der Waals surface area contributed by atoms with Crippen molar-refractivity contribution < 1.29 is 9.53 Å². The van der Waals surface area contributed by atoms with Crippen molar-refractivity contribution in [1.82, 2.24) is 0 Å². The number of Topliss-reactive ketones (excluding diaryl/α,β-unsaturated/α-hetero) is 1. The van der Waals surface area contributed by atoms with E-state index in [1.165, 1.54) is 5.56 Å². The fourth-order valence-electron chi connectivity index (χ4n) is 2.76. The number of carbonyl (C=O) groups excluding carboxylic acids is 1. The van der Waals surface area contributed by atoms with E-state index >= 15 is 0 Å². The SMILES string of the molecule is CC(=O)c1cc(Br)cc2c1[C@H](Cc1ccccc1)CO2. The van der Waals surface area contributed by atoms with Gasteiger partial charge in [0.15, 0.2) is 5.78 Å². The first-order valence-electron chi connectivity index (χ1n) is 6.66. The average Bonchev–Trinajstić information content (AvgIpc) is 2.82. The Labute approximate surface area is 126 Å². The number of carbonyl (C=O) groups is 1. The van der Waals surface area contributed by atoms with Crippen molar-refractivity contribution in [2.75, 3.05) is 6.61 Å². The summed E-state index contributed by atoms with van der Waals surface area (Å²) in [6.45, 7) is 2.25. The maximum atomic E-state index is 11.9. The van der Waals surface area contributed by atoms with Crippen molar-refractivity contribution in [3.8, 4) is 5.75 Å². The predicted octanol–water partition coefficient (Wildman–Crippen LogP) is 4.37. The summed E-state index contributed by atoms with van der Waals surface area (Å²) in [6.07, 6.45) is 0.899. The minimum absolute atomic E-state index is 0.0890. The Morgan fingerprint density at radius 1 is 1.30 bits per heavy atom. The van der Waals surface area contributed by atoms with E-state index in [0.29, 0.717) is 6.61 Å². The third-order valence-electron chi connectivity index (χ3n) is 3.66. The van der Waals surface area contributed by atoms with Crippen LogP contribution in [0.2, 0.25) is 0 Å². The van der Waals surface area contributed by atoms with Crippen LogP contribution in [0.4, 0.5) is 0 Å². The van der Waals surface area contributed by atoms with Gasteiger partial charge in [-0.15, -0.1) is 0 Å². The highest BCUT2D eigenvalue weighted by Gasteiger charge is 2.29. The van der Waals surface area contributed by atoms with Crippen molar-refractivity contribution in [2.45, 2.75) is 19.3 Å². The van der Waals surface area contributed by atoms with Crippen molar-refractivity contribution in [1.29, 1.82) is 0 Å². The van der Waals surface area contributed by atoms with Gasteiger partial charge in [0.2, 0.25) is 0 Å². The lowest BCUT2D eigenvalue weighted by atomic mass is 9.89. The molecule has 1 aliphatic rings. The fourth-order valence-corrected chi connectivity index (χ4v) is 3.19. The topological polar surface area (TPSA) is 26.3 Å². The molecule has 3 heteroatoms. The summed E-state index contributed by atoms with van der Waals surface area (Å²) in [6, 6.07) is 14.2. The van der Waals surface area contributed by atoms with E-state index < -0.39 is 0 Å². The van der Waals surface area contributed by atoms with Crippen LogP contribution in [-0.2, 0) is 6.42 Å². The molecule has 0 bridgehead atoms. The molecule has 2 aromatic rings. The highest BCUT2D eigenvalue weighted by molar-refractivity contribution is 9.10. The van der Waals surface area contributed by atoms with Gasteiger partial charge in [0, 0.05) is 21.5 Å². The Morgan fingerprint density at radius 3 is 2.75 bits per heavy atom. The number of fused-ring (bicyclic) bond motifs is 1. The molecule has 0 radical (unpaired) electrons. The monoisotopic (exact) mass is 330 g/mol. The Hall–Kier alpha value is -1.61. The second-order valence-corrected chi connectivity index (χ2v) is 6.03. The summed E-state index contributed by atoms with van der Waals surface area (Å²) in [5.74, 6) is 1.18. The van der Waals surface area contributed by atoms with Gasteiger partial charge in [-0.05, 0) is 31.0 Å². The molecule has 0 aliphatic carbocycles. The molecule has 0 unspecified atom stereocenters. The lowest BCUT2D eigenvalue weighted by Crippen LogP contribution is -2.08. The van der Waals surface area contributed by atoms with Crippen LogP contribution in [0.25, 0.3) is 0 Å². The van der Waals surface area contributed by atoms with Gasteiger partial charge < -0.3 is 4.74 Å². The van der Waals surface area contributed by atoms with Gasteiger partial charge in [-0.2, -0.15) is 0 Å². The molecule has 3 rings (SSSR count). The Bertz CT molecular complexity index is 650. The van der Waals surface area contributed by atoms with Crippen molar-refractivity contribution in [3.05, 3.63) is 63.6 Å². The van der Waals surface area contributed by atoms with Gasteiger partial charge in [0.1, 0.15) is 5.75 Å². The molecular weight excluding hydrogens is 316 g/mol. The minimum atomic E-state index is 0.0890. The van der Waals surface area contributed by atoms with Gasteiger partial charge in [-0.1, -0.05) is 46.3 Å². The quantitative estimate of drug-likeness (QED) is 0.781. The Kier molecular flexibility index (Phi) is 3.62. The molecule has 0 fully saturated rings. The molecule has 20 heavy (non-hydrogen) atoms. The standard InChI is InChI=1S/C17H15BrO2/c1-11(19)15-8-14(18)9-16-17(15)13(10-20-16)7-12-5-3-2-4-6-12/h2-6,8-9,13H,7,10H2,1H3/t13-/m1/s1.